The Hall–Kier alpha value is -2.02. The van der Waals surface area contributed by atoms with Crippen molar-refractivity contribution in [3.8, 4) is 0 Å². The first-order chi connectivity index (χ1) is 11.5. The molecule has 0 spiro atoms. The fourth-order valence-electron chi connectivity index (χ4n) is 3.12. The van der Waals surface area contributed by atoms with E-state index in [1.807, 2.05) is 24.3 Å². The lowest BCUT2D eigenvalue weighted by Gasteiger charge is -2.31. The smallest absolute Gasteiger partial charge is 0.304 e. The van der Waals surface area contributed by atoms with Crippen LogP contribution in [0.5, 0.6) is 0 Å². The minimum Gasteiger partial charge on any atom is -0.481 e. The van der Waals surface area contributed by atoms with Gasteiger partial charge >= 0.3 is 5.97 Å². The number of rotatable bonds is 3. The fraction of sp³-hybridized carbons (Fsp3) is 0.176. The Kier molecular flexibility index (Phi) is 3.56. The van der Waals surface area contributed by atoms with Crippen molar-refractivity contribution >= 4 is 40.4 Å². The number of fused-ring (bicyclic) bond motifs is 3. The van der Waals surface area contributed by atoms with Crippen LogP contribution >= 0.6 is 23.4 Å². The van der Waals surface area contributed by atoms with Gasteiger partial charge in [0.2, 0.25) is 0 Å². The van der Waals surface area contributed by atoms with Gasteiger partial charge in [-0.25, -0.2) is 4.98 Å². The highest BCUT2D eigenvalue weighted by Gasteiger charge is 2.50. The van der Waals surface area contributed by atoms with E-state index in [1.54, 1.807) is 28.8 Å². The van der Waals surface area contributed by atoms with Crippen molar-refractivity contribution in [2.24, 2.45) is 0 Å². The molecule has 0 saturated carbocycles. The molecule has 24 heavy (non-hydrogen) atoms. The standard InChI is InChI=1S/C17H13ClN2O3S/c18-11-7-5-10(6-8-11)17(23)14(9-15(21)22)24-16-19-12-3-1-2-4-13(12)20(16)17/h1-8,14,23H,9H2,(H,21,22)/t14-,17-/m1/s1. The van der Waals surface area contributed by atoms with Crippen molar-refractivity contribution in [1.29, 1.82) is 0 Å². The summed E-state index contributed by atoms with van der Waals surface area (Å²) < 4.78 is 1.73. The third kappa shape index (κ3) is 2.22. The molecule has 0 bridgehead atoms. The van der Waals surface area contributed by atoms with Gasteiger partial charge in [-0.2, -0.15) is 0 Å². The van der Waals surface area contributed by atoms with Crippen LogP contribution < -0.4 is 0 Å². The number of nitrogens with zero attached hydrogens (tertiary/aromatic N) is 2. The Morgan fingerprint density at radius 3 is 2.67 bits per heavy atom. The first-order valence-electron chi connectivity index (χ1n) is 7.35. The lowest BCUT2D eigenvalue weighted by molar-refractivity contribution is -0.138. The first kappa shape index (κ1) is 15.5. The minimum atomic E-state index is -1.50. The minimum absolute atomic E-state index is 0.179. The van der Waals surface area contributed by atoms with Crippen LogP contribution in [0.2, 0.25) is 5.02 Å². The number of carboxylic acids is 1. The topological polar surface area (TPSA) is 75.3 Å². The van der Waals surface area contributed by atoms with Crippen molar-refractivity contribution in [3.05, 3.63) is 59.1 Å². The second-order valence-electron chi connectivity index (χ2n) is 5.66. The van der Waals surface area contributed by atoms with E-state index in [2.05, 4.69) is 4.98 Å². The number of thioether (sulfide) groups is 1. The van der Waals surface area contributed by atoms with Crippen LogP contribution in [0.15, 0.2) is 53.7 Å². The molecular weight excluding hydrogens is 348 g/mol. The second kappa shape index (κ2) is 5.51. The van der Waals surface area contributed by atoms with E-state index in [9.17, 15) is 15.0 Å². The molecule has 3 aromatic rings. The molecule has 0 aliphatic carbocycles. The Balaban J connectivity index is 1.96. The Bertz CT molecular complexity index is 941. The van der Waals surface area contributed by atoms with Gasteiger partial charge < -0.3 is 10.2 Å². The third-order valence-electron chi connectivity index (χ3n) is 4.20. The molecule has 5 nitrogen and oxygen atoms in total. The monoisotopic (exact) mass is 360 g/mol. The predicted molar refractivity (Wildman–Crippen MR) is 92.4 cm³/mol. The number of aliphatic carboxylic acids is 1. The third-order valence-corrected chi connectivity index (χ3v) is 5.71. The van der Waals surface area contributed by atoms with E-state index in [4.69, 9.17) is 11.6 Å². The maximum absolute atomic E-state index is 11.6. The summed E-state index contributed by atoms with van der Waals surface area (Å²) in [5.41, 5.74) is 0.623. The molecule has 4 rings (SSSR count). The molecule has 0 amide bonds. The van der Waals surface area contributed by atoms with E-state index in [0.29, 0.717) is 15.7 Å². The molecule has 0 fully saturated rings. The molecule has 7 heteroatoms. The number of hydrogen-bond acceptors (Lipinski definition) is 4. The van der Waals surface area contributed by atoms with E-state index in [-0.39, 0.29) is 6.42 Å². The Morgan fingerprint density at radius 2 is 1.96 bits per heavy atom. The van der Waals surface area contributed by atoms with Crippen molar-refractivity contribution in [2.75, 3.05) is 0 Å². The molecule has 2 atom stereocenters. The van der Waals surface area contributed by atoms with Crippen LogP contribution in [0.1, 0.15) is 12.0 Å². The predicted octanol–water partition coefficient (Wildman–Crippen LogP) is 3.33. The summed E-state index contributed by atoms with van der Waals surface area (Å²) in [6, 6.07) is 14.3. The fourth-order valence-corrected chi connectivity index (χ4v) is 4.62. The molecule has 0 radical (unpaired) electrons. The lowest BCUT2D eigenvalue weighted by atomic mass is 9.96. The lowest BCUT2D eigenvalue weighted by Crippen LogP contribution is -2.41. The van der Waals surface area contributed by atoms with Crippen LogP contribution in [-0.2, 0) is 10.5 Å². The highest BCUT2D eigenvalue weighted by Crippen LogP contribution is 2.49. The normalized spacial score (nSPS) is 22.7. The number of hydrogen-bond donors (Lipinski definition) is 2. The Labute approximate surface area is 146 Å². The molecule has 122 valence electrons. The molecule has 0 saturated heterocycles. The van der Waals surface area contributed by atoms with Gasteiger partial charge in [-0.3, -0.25) is 9.36 Å². The summed E-state index contributed by atoms with van der Waals surface area (Å²) in [5.74, 6) is -0.963. The van der Waals surface area contributed by atoms with Crippen LogP contribution in [-0.4, -0.2) is 31.0 Å². The van der Waals surface area contributed by atoms with Gasteiger partial charge in [-0.15, -0.1) is 0 Å². The number of imidazole rings is 1. The maximum Gasteiger partial charge on any atom is 0.304 e. The SMILES string of the molecule is O=C(O)C[C@H]1Sc2nc3ccccc3n2[C@@]1(O)c1ccc(Cl)cc1. The van der Waals surface area contributed by atoms with Gasteiger partial charge in [-0.05, 0) is 24.3 Å². The number of halogens is 1. The number of carboxylic acid groups (broad SMARTS) is 1. The number of aliphatic hydroxyl groups is 1. The highest BCUT2D eigenvalue weighted by molar-refractivity contribution is 8.00. The van der Waals surface area contributed by atoms with E-state index < -0.39 is 16.9 Å². The summed E-state index contributed by atoms with van der Waals surface area (Å²) in [4.78, 5) is 15.8. The highest BCUT2D eigenvalue weighted by atomic mass is 35.5. The van der Waals surface area contributed by atoms with Crippen molar-refractivity contribution in [2.45, 2.75) is 22.6 Å². The summed E-state index contributed by atoms with van der Waals surface area (Å²) in [6.45, 7) is 0. The van der Waals surface area contributed by atoms with Crippen molar-refractivity contribution in [1.82, 2.24) is 9.55 Å². The van der Waals surface area contributed by atoms with Gasteiger partial charge in [0.05, 0.1) is 22.7 Å². The van der Waals surface area contributed by atoms with Crippen molar-refractivity contribution < 1.29 is 15.0 Å². The molecule has 0 unspecified atom stereocenters. The van der Waals surface area contributed by atoms with Crippen LogP contribution in [0.3, 0.4) is 0 Å². The maximum atomic E-state index is 11.6. The number of benzene rings is 2. The number of para-hydroxylation sites is 2. The first-order valence-corrected chi connectivity index (χ1v) is 8.60. The number of carbonyl (C=O) groups is 1. The largest absolute Gasteiger partial charge is 0.481 e. The zero-order valence-electron chi connectivity index (χ0n) is 12.4. The quantitative estimate of drug-likeness (QED) is 0.749. The van der Waals surface area contributed by atoms with E-state index >= 15 is 0 Å². The molecule has 1 aromatic heterocycles. The molecule has 2 heterocycles. The molecule has 1 aliphatic rings. The van der Waals surface area contributed by atoms with Gasteiger partial charge in [0.25, 0.3) is 0 Å². The van der Waals surface area contributed by atoms with Crippen LogP contribution in [0, 0.1) is 0 Å². The van der Waals surface area contributed by atoms with Crippen molar-refractivity contribution in [3.63, 3.8) is 0 Å². The van der Waals surface area contributed by atoms with E-state index in [0.717, 1.165) is 11.0 Å². The summed E-state index contributed by atoms with van der Waals surface area (Å²) in [6.07, 6.45) is -0.179. The summed E-state index contributed by atoms with van der Waals surface area (Å²) >= 11 is 7.24. The summed E-state index contributed by atoms with van der Waals surface area (Å²) in [5, 5.41) is 21.4. The van der Waals surface area contributed by atoms with Crippen LogP contribution in [0.4, 0.5) is 0 Å². The second-order valence-corrected chi connectivity index (χ2v) is 7.26. The zero-order valence-corrected chi connectivity index (χ0v) is 14.0. The average Bonchev–Trinajstić information content (AvgIpc) is 3.03. The van der Waals surface area contributed by atoms with Gasteiger partial charge in [-0.1, -0.05) is 47.6 Å². The van der Waals surface area contributed by atoms with Gasteiger partial charge in [0, 0.05) is 10.6 Å². The van der Waals surface area contributed by atoms with Crippen LogP contribution in [0.25, 0.3) is 11.0 Å². The average molecular weight is 361 g/mol. The number of aromatic nitrogens is 2. The zero-order chi connectivity index (χ0) is 16.9. The van der Waals surface area contributed by atoms with Gasteiger partial charge in [0.1, 0.15) is 0 Å². The molecular formula is C17H13ClN2O3S. The van der Waals surface area contributed by atoms with E-state index in [1.165, 1.54) is 11.8 Å². The molecule has 1 aliphatic heterocycles. The summed E-state index contributed by atoms with van der Waals surface area (Å²) in [7, 11) is 0. The van der Waals surface area contributed by atoms with Gasteiger partial charge in [0.15, 0.2) is 10.9 Å². The molecule has 2 N–H and O–H groups in total. The Morgan fingerprint density at radius 1 is 1.25 bits per heavy atom. The molecule has 2 aromatic carbocycles.